The molecule has 2 rings (SSSR count). The monoisotopic (exact) mass is 274 g/mol. The van der Waals surface area contributed by atoms with Crippen LogP contribution in [0.2, 0.25) is 0 Å². The molecule has 0 saturated heterocycles. The summed E-state index contributed by atoms with van der Waals surface area (Å²) in [7, 11) is 0. The fourth-order valence-electron chi connectivity index (χ4n) is 1.64. The molecule has 0 bridgehead atoms. The standard InChI is InChI=1S/C14H11O2.Cu/c15-11-14(16,12-7-3-1-4-8-12)13-9-5-2-6-10-13;/h1-10,16H;/q-1;+1. The van der Waals surface area contributed by atoms with Gasteiger partial charge in [-0.15, -0.1) is 0 Å². The van der Waals surface area contributed by atoms with Crippen molar-refractivity contribution in [1.82, 2.24) is 0 Å². The van der Waals surface area contributed by atoms with Crippen molar-refractivity contribution in [3.8, 4) is 0 Å². The third-order valence-electron chi connectivity index (χ3n) is 2.53. The molecule has 3 heteroatoms. The van der Waals surface area contributed by atoms with Gasteiger partial charge in [-0.3, -0.25) is 0 Å². The van der Waals surface area contributed by atoms with E-state index < -0.39 is 5.60 Å². The van der Waals surface area contributed by atoms with Crippen molar-refractivity contribution in [2.75, 3.05) is 0 Å². The Hall–Kier alpha value is -1.41. The van der Waals surface area contributed by atoms with E-state index in [2.05, 4.69) is 0 Å². The summed E-state index contributed by atoms with van der Waals surface area (Å²) in [4.78, 5) is 11.1. The Morgan fingerprint density at radius 3 is 1.47 bits per heavy atom. The fourth-order valence-corrected chi connectivity index (χ4v) is 1.64. The van der Waals surface area contributed by atoms with E-state index in [1.165, 1.54) is 0 Å². The van der Waals surface area contributed by atoms with Gasteiger partial charge in [-0.05, 0) is 11.1 Å². The molecule has 0 saturated carbocycles. The van der Waals surface area contributed by atoms with Gasteiger partial charge in [-0.25, -0.2) is 6.29 Å². The van der Waals surface area contributed by atoms with Crippen LogP contribution in [0.4, 0.5) is 0 Å². The first-order valence-electron chi connectivity index (χ1n) is 5.00. The van der Waals surface area contributed by atoms with Crippen molar-refractivity contribution in [1.29, 1.82) is 0 Å². The Bertz CT molecular complexity index is 429. The second-order valence-electron chi connectivity index (χ2n) is 3.54. The summed E-state index contributed by atoms with van der Waals surface area (Å²) in [6.45, 7) is 0. The van der Waals surface area contributed by atoms with Crippen LogP contribution in [0.1, 0.15) is 11.1 Å². The maximum atomic E-state index is 11.1. The molecule has 0 atom stereocenters. The van der Waals surface area contributed by atoms with Crippen molar-refractivity contribution in [2.45, 2.75) is 5.60 Å². The molecular formula is C14H11CuO2. The van der Waals surface area contributed by atoms with Crippen molar-refractivity contribution >= 4 is 6.29 Å². The third-order valence-corrected chi connectivity index (χ3v) is 2.53. The molecule has 0 aliphatic heterocycles. The predicted octanol–water partition coefficient (Wildman–Crippen LogP) is 2.03. The molecule has 1 N–H and O–H groups in total. The third kappa shape index (κ3) is 2.64. The maximum absolute atomic E-state index is 11.1. The van der Waals surface area contributed by atoms with Crippen LogP contribution in [-0.4, -0.2) is 11.4 Å². The number of rotatable bonds is 3. The first-order chi connectivity index (χ1) is 7.77. The molecule has 0 aliphatic carbocycles. The summed E-state index contributed by atoms with van der Waals surface area (Å²) in [5.74, 6) is 0. The average Bonchev–Trinajstić information content (AvgIpc) is 2.40. The summed E-state index contributed by atoms with van der Waals surface area (Å²) in [6.07, 6.45) is 1.72. The Balaban J connectivity index is 0.00000144. The minimum atomic E-state index is -1.68. The van der Waals surface area contributed by atoms with E-state index >= 15 is 0 Å². The molecule has 90 valence electrons. The minimum Gasteiger partial charge on any atom is -0.538 e. The Morgan fingerprint density at radius 2 is 1.18 bits per heavy atom. The Labute approximate surface area is 111 Å². The zero-order chi connectivity index (χ0) is 11.4. The van der Waals surface area contributed by atoms with Crippen LogP contribution < -0.4 is 0 Å². The van der Waals surface area contributed by atoms with Crippen LogP contribution >= 0.6 is 0 Å². The largest absolute Gasteiger partial charge is 1.00 e. The van der Waals surface area contributed by atoms with Crippen LogP contribution in [0, 0.1) is 0 Å². The molecule has 0 aliphatic rings. The van der Waals surface area contributed by atoms with Crippen molar-refractivity contribution in [3.63, 3.8) is 0 Å². The Morgan fingerprint density at radius 1 is 0.824 bits per heavy atom. The first-order valence-corrected chi connectivity index (χ1v) is 5.00. The number of benzene rings is 2. The first kappa shape index (κ1) is 13.7. The molecule has 0 unspecified atom stereocenters. The van der Waals surface area contributed by atoms with Gasteiger partial charge in [0.25, 0.3) is 0 Å². The average molecular weight is 275 g/mol. The van der Waals surface area contributed by atoms with E-state index in [0.717, 1.165) is 0 Å². The maximum Gasteiger partial charge on any atom is 1.00 e. The SMILES string of the molecule is O=[C-]C(O)(c1ccccc1)c1ccccc1.[Cu+]. The minimum absolute atomic E-state index is 0. The second-order valence-corrected chi connectivity index (χ2v) is 3.54. The predicted molar refractivity (Wildman–Crippen MR) is 61.6 cm³/mol. The van der Waals surface area contributed by atoms with Gasteiger partial charge in [0.2, 0.25) is 0 Å². The quantitative estimate of drug-likeness (QED) is 0.687. The van der Waals surface area contributed by atoms with Gasteiger partial charge < -0.3 is 9.90 Å². The molecule has 0 fully saturated rings. The van der Waals surface area contributed by atoms with Gasteiger partial charge in [-0.2, -0.15) is 0 Å². The van der Waals surface area contributed by atoms with Crippen LogP contribution in [0.5, 0.6) is 0 Å². The number of carbonyl (C=O) groups excluding carboxylic acids is 1. The fraction of sp³-hybridized carbons (Fsp3) is 0.0714. The molecule has 0 heterocycles. The van der Waals surface area contributed by atoms with Crippen LogP contribution in [-0.2, 0) is 27.5 Å². The van der Waals surface area contributed by atoms with Gasteiger partial charge in [0.05, 0.1) is 0 Å². The summed E-state index contributed by atoms with van der Waals surface area (Å²) in [5.41, 5.74) is -0.630. The molecule has 2 aromatic rings. The summed E-state index contributed by atoms with van der Waals surface area (Å²) >= 11 is 0. The molecule has 2 nitrogen and oxygen atoms in total. The van der Waals surface area contributed by atoms with E-state index in [4.69, 9.17) is 0 Å². The van der Waals surface area contributed by atoms with Gasteiger partial charge in [-0.1, -0.05) is 60.7 Å². The number of hydrogen-bond donors (Lipinski definition) is 1. The van der Waals surface area contributed by atoms with E-state index in [1.807, 2.05) is 12.1 Å². The van der Waals surface area contributed by atoms with Crippen LogP contribution in [0.25, 0.3) is 0 Å². The number of aliphatic hydroxyl groups is 1. The zero-order valence-corrected chi connectivity index (χ0v) is 9.87. The zero-order valence-electron chi connectivity index (χ0n) is 8.93. The van der Waals surface area contributed by atoms with Crippen molar-refractivity contribution in [2.24, 2.45) is 0 Å². The van der Waals surface area contributed by atoms with E-state index in [-0.39, 0.29) is 17.1 Å². The molecule has 17 heavy (non-hydrogen) atoms. The van der Waals surface area contributed by atoms with E-state index in [1.54, 1.807) is 54.8 Å². The van der Waals surface area contributed by atoms with Gasteiger partial charge in [0.15, 0.2) is 0 Å². The summed E-state index contributed by atoms with van der Waals surface area (Å²) in [5, 5.41) is 10.3. The van der Waals surface area contributed by atoms with Crippen LogP contribution in [0.15, 0.2) is 60.7 Å². The molecule has 0 spiro atoms. The topological polar surface area (TPSA) is 37.3 Å². The molecular weight excluding hydrogens is 264 g/mol. The number of hydrogen-bond acceptors (Lipinski definition) is 2. The van der Waals surface area contributed by atoms with Crippen molar-refractivity contribution < 1.29 is 27.0 Å². The smallest absolute Gasteiger partial charge is 0.538 e. The van der Waals surface area contributed by atoms with E-state index in [0.29, 0.717) is 11.1 Å². The van der Waals surface area contributed by atoms with Crippen LogP contribution in [0.3, 0.4) is 0 Å². The van der Waals surface area contributed by atoms with Gasteiger partial charge >= 0.3 is 17.1 Å². The normalized spacial score (nSPS) is 10.4. The molecule has 2 aromatic carbocycles. The Kier molecular flexibility index (Phi) is 4.64. The van der Waals surface area contributed by atoms with E-state index in [9.17, 15) is 9.90 Å². The molecule has 0 radical (unpaired) electrons. The van der Waals surface area contributed by atoms with Gasteiger partial charge in [0, 0.05) is 5.60 Å². The molecule has 0 amide bonds. The summed E-state index contributed by atoms with van der Waals surface area (Å²) in [6, 6.07) is 17.6. The second kappa shape index (κ2) is 5.78. The van der Waals surface area contributed by atoms with Crippen molar-refractivity contribution in [3.05, 3.63) is 71.8 Å². The summed E-state index contributed by atoms with van der Waals surface area (Å²) < 4.78 is 0. The molecule has 0 aromatic heterocycles. The van der Waals surface area contributed by atoms with Gasteiger partial charge in [0.1, 0.15) is 0 Å².